The van der Waals surface area contributed by atoms with Gasteiger partial charge < -0.3 is 10.4 Å². The SMILES string of the molecule is CC(Cc1ccccc1F)C(=O)NC(CC(F)F)C(=O)O. The van der Waals surface area contributed by atoms with Gasteiger partial charge in [-0.1, -0.05) is 25.1 Å². The fourth-order valence-electron chi connectivity index (χ4n) is 1.80. The molecule has 4 nitrogen and oxygen atoms in total. The van der Waals surface area contributed by atoms with Gasteiger partial charge in [0, 0.05) is 12.3 Å². The van der Waals surface area contributed by atoms with Crippen molar-refractivity contribution >= 4 is 11.9 Å². The highest BCUT2D eigenvalue weighted by Crippen LogP contribution is 2.13. The number of nitrogens with one attached hydrogen (secondary N) is 1. The van der Waals surface area contributed by atoms with Crippen LogP contribution in [-0.4, -0.2) is 29.5 Å². The van der Waals surface area contributed by atoms with Crippen LogP contribution in [-0.2, 0) is 16.0 Å². The zero-order valence-corrected chi connectivity index (χ0v) is 11.4. The van der Waals surface area contributed by atoms with E-state index in [0.29, 0.717) is 5.56 Å². The molecule has 0 saturated carbocycles. The lowest BCUT2D eigenvalue weighted by atomic mass is 9.99. The largest absolute Gasteiger partial charge is 0.480 e. The molecule has 7 heteroatoms. The average Bonchev–Trinajstić information content (AvgIpc) is 2.39. The second-order valence-electron chi connectivity index (χ2n) is 4.72. The lowest BCUT2D eigenvalue weighted by Gasteiger charge is -2.17. The Labute approximate surface area is 120 Å². The normalized spacial score (nSPS) is 13.8. The summed E-state index contributed by atoms with van der Waals surface area (Å²) in [5.41, 5.74) is 0.306. The highest BCUT2D eigenvalue weighted by Gasteiger charge is 2.26. The number of carbonyl (C=O) groups is 2. The van der Waals surface area contributed by atoms with Crippen LogP contribution < -0.4 is 5.32 Å². The van der Waals surface area contributed by atoms with Crippen molar-refractivity contribution in [2.45, 2.75) is 32.2 Å². The van der Waals surface area contributed by atoms with Gasteiger partial charge in [0.2, 0.25) is 12.3 Å². The fraction of sp³-hybridized carbons (Fsp3) is 0.429. The summed E-state index contributed by atoms with van der Waals surface area (Å²) in [6.07, 6.45) is -3.75. The summed E-state index contributed by atoms with van der Waals surface area (Å²) in [4.78, 5) is 22.6. The van der Waals surface area contributed by atoms with Gasteiger partial charge in [0.15, 0.2) is 0 Å². The third-order valence-electron chi connectivity index (χ3n) is 2.96. The van der Waals surface area contributed by atoms with Gasteiger partial charge in [-0.2, -0.15) is 0 Å². The topological polar surface area (TPSA) is 66.4 Å². The Hall–Kier alpha value is -2.05. The van der Waals surface area contributed by atoms with E-state index in [0.717, 1.165) is 0 Å². The molecule has 0 saturated heterocycles. The van der Waals surface area contributed by atoms with Gasteiger partial charge in [-0.25, -0.2) is 18.0 Å². The molecule has 0 aliphatic rings. The maximum atomic E-state index is 13.5. The van der Waals surface area contributed by atoms with Crippen LogP contribution in [0.2, 0.25) is 0 Å². The van der Waals surface area contributed by atoms with Crippen LogP contribution in [0.1, 0.15) is 18.9 Å². The van der Waals surface area contributed by atoms with E-state index >= 15 is 0 Å². The molecule has 1 aromatic carbocycles. The summed E-state index contributed by atoms with van der Waals surface area (Å²) in [5, 5.41) is 10.8. The number of hydrogen-bond acceptors (Lipinski definition) is 2. The van der Waals surface area contributed by atoms with Crippen LogP contribution in [0.25, 0.3) is 0 Å². The first-order chi connectivity index (χ1) is 9.81. The van der Waals surface area contributed by atoms with Crippen molar-refractivity contribution in [1.82, 2.24) is 5.32 Å². The number of carboxylic acid groups (broad SMARTS) is 1. The first-order valence-corrected chi connectivity index (χ1v) is 6.36. The van der Waals surface area contributed by atoms with E-state index in [1.165, 1.54) is 25.1 Å². The van der Waals surface area contributed by atoms with Crippen molar-refractivity contribution in [2.75, 3.05) is 0 Å². The second kappa shape index (κ2) is 7.66. The number of hydrogen-bond donors (Lipinski definition) is 2. The van der Waals surface area contributed by atoms with Crippen molar-refractivity contribution in [2.24, 2.45) is 5.92 Å². The maximum Gasteiger partial charge on any atom is 0.326 e. The number of alkyl halides is 2. The Morgan fingerprint density at radius 2 is 1.90 bits per heavy atom. The maximum absolute atomic E-state index is 13.5. The summed E-state index contributed by atoms with van der Waals surface area (Å²) in [6, 6.07) is 4.22. The average molecular weight is 303 g/mol. The van der Waals surface area contributed by atoms with Gasteiger partial charge in [0.1, 0.15) is 11.9 Å². The van der Waals surface area contributed by atoms with Crippen molar-refractivity contribution in [3.8, 4) is 0 Å². The molecule has 0 heterocycles. The lowest BCUT2D eigenvalue weighted by molar-refractivity contribution is -0.143. The van der Waals surface area contributed by atoms with Gasteiger partial charge in [-0.05, 0) is 18.1 Å². The molecule has 116 valence electrons. The molecular weight excluding hydrogens is 287 g/mol. The minimum absolute atomic E-state index is 0.0551. The van der Waals surface area contributed by atoms with Crippen LogP contribution >= 0.6 is 0 Å². The van der Waals surface area contributed by atoms with E-state index in [1.807, 2.05) is 5.32 Å². The summed E-state index contributed by atoms with van der Waals surface area (Å²) in [6.45, 7) is 1.48. The number of benzene rings is 1. The lowest BCUT2D eigenvalue weighted by Crippen LogP contribution is -2.44. The summed E-state index contributed by atoms with van der Waals surface area (Å²) < 4.78 is 37.9. The van der Waals surface area contributed by atoms with Gasteiger partial charge in [-0.15, -0.1) is 0 Å². The first kappa shape index (κ1) is 17.0. The molecule has 1 rings (SSSR count). The van der Waals surface area contributed by atoms with E-state index in [1.54, 1.807) is 6.07 Å². The van der Waals surface area contributed by atoms with E-state index in [2.05, 4.69) is 0 Å². The van der Waals surface area contributed by atoms with Crippen molar-refractivity contribution in [3.05, 3.63) is 35.6 Å². The number of carbonyl (C=O) groups excluding carboxylic acids is 1. The number of aliphatic carboxylic acids is 1. The molecule has 0 spiro atoms. The van der Waals surface area contributed by atoms with Crippen LogP contribution in [0, 0.1) is 11.7 Å². The molecule has 2 N–H and O–H groups in total. The zero-order chi connectivity index (χ0) is 16.0. The van der Waals surface area contributed by atoms with Gasteiger partial charge >= 0.3 is 5.97 Å². The van der Waals surface area contributed by atoms with Gasteiger partial charge in [0.05, 0.1) is 0 Å². The summed E-state index contributed by atoms with van der Waals surface area (Å²) in [5.74, 6) is -3.44. The third kappa shape index (κ3) is 5.45. The molecule has 0 bridgehead atoms. The fourth-order valence-corrected chi connectivity index (χ4v) is 1.80. The highest BCUT2D eigenvalue weighted by molar-refractivity contribution is 5.84. The Kier molecular flexibility index (Phi) is 6.20. The van der Waals surface area contributed by atoms with Crippen molar-refractivity contribution < 1.29 is 27.9 Å². The number of amides is 1. The van der Waals surface area contributed by atoms with Crippen LogP contribution in [0.3, 0.4) is 0 Å². The molecule has 0 fully saturated rings. The molecule has 0 aliphatic carbocycles. The standard InChI is InChI=1S/C14H16F3NO3/c1-8(6-9-4-2-3-5-10(9)15)13(19)18-11(14(20)21)7-12(16)17/h2-5,8,11-12H,6-7H2,1H3,(H,18,19)(H,20,21). The Bertz CT molecular complexity index is 508. The Morgan fingerprint density at radius 1 is 1.29 bits per heavy atom. The molecule has 2 atom stereocenters. The predicted octanol–water partition coefficient (Wildman–Crippen LogP) is 2.23. The van der Waals surface area contributed by atoms with Crippen LogP contribution in [0.4, 0.5) is 13.2 Å². The predicted molar refractivity (Wildman–Crippen MR) is 69.5 cm³/mol. The summed E-state index contributed by atoms with van der Waals surface area (Å²) in [7, 11) is 0. The first-order valence-electron chi connectivity index (χ1n) is 6.36. The number of carboxylic acids is 1. The smallest absolute Gasteiger partial charge is 0.326 e. The Morgan fingerprint density at radius 3 is 2.43 bits per heavy atom. The minimum atomic E-state index is -2.84. The molecule has 0 radical (unpaired) electrons. The van der Waals surface area contributed by atoms with Gasteiger partial charge in [-0.3, -0.25) is 4.79 Å². The molecule has 0 aliphatic heterocycles. The van der Waals surface area contributed by atoms with Crippen molar-refractivity contribution in [3.63, 3.8) is 0 Å². The van der Waals surface area contributed by atoms with E-state index in [4.69, 9.17) is 5.11 Å². The quantitative estimate of drug-likeness (QED) is 0.812. The van der Waals surface area contributed by atoms with E-state index in [9.17, 15) is 22.8 Å². The summed E-state index contributed by atoms with van der Waals surface area (Å²) >= 11 is 0. The van der Waals surface area contributed by atoms with E-state index in [-0.39, 0.29) is 6.42 Å². The molecular formula is C14H16F3NO3. The molecule has 2 unspecified atom stereocenters. The van der Waals surface area contributed by atoms with Crippen LogP contribution in [0.5, 0.6) is 0 Å². The zero-order valence-electron chi connectivity index (χ0n) is 11.4. The van der Waals surface area contributed by atoms with E-state index < -0.39 is 42.5 Å². The second-order valence-corrected chi connectivity index (χ2v) is 4.72. The molecule has 21 heavy (non-hydrogen) atoms. The van der Waals surface area contributed by atoms with Crippen LogP contribution in [0.15, 0.2) is 24.3 Å². The van der Waals surface area contributed by atoms with Crippen molar-refractivity contribution in [1.29, 1.82) is 0 Å². The molecule has 1 aromatic rings. The molecule has 1 amide bonds. The molecule has 0 aromatic heterocycles. The highest BCUT2D eigenvalue weighted by atomic mass is 19.3. The number of halogens is 3. The van der Waals surface area contributed by atoms with Gasteiger partial charge in [0.25, 0.3) is 0 Å². The minimum Gasteiger partial charge on any atom is -0.480 e. The third-order valence-corrected chi connectivity index (χ3v) is 2.96. The monoisotopic (exact) mass is 303 g/mol. The Balaban J connectivity index is 2.65. The number of rotatable bonds is 7.